The topological polar surface area (TPSA) is 149 Å². The number of aliphatic hydroxyl groups is 2. The molecule has 0 aromatic carbocycles. The SMILES string of the molecule is CCCCCCCCCCCCCCCCCCCCCCCCCC(=O)OC(CO)COP(=O)(O)OCC(CO)OC(=O)CC. The van der Waals surface area contributed by atoms with E-state index in [0.29, 0.717) is 6.42 Å². The van der Waals surface area contributed by atoms with Crippen LogP contribution in [0.4, 0.5) is 0 Å². The number of hydrogen-bond donors (Lipinski definition) is 3. The molecule has 3 unspecified atom stereocenters. The van der Waals surface area contributed by atoms with Gasteiger partial charge in [-0.25, -0.2) is 4.57 Å². The number of unbranched alkanes of at least 4 members (excludes halogenated alkanes) is 22. The van der Waals surface area contributed by atoms with Gasteiger partial charge in [-0.3, -0.25) is 18.6 Å². The third-order valence-corrected chi connectivity index (χ3v) is 9.07. The number of rotatable bonds is 35. The second-order valence-corrected chi connectivity index (χ2v) is 14.0. The van der Waals surface area contributed by atoms with Crippen molar-refractivity contribution in [2.75, 3.05) is 26.4 Å². The van der Waals surface area contributed by atoms with Crippen molar-refractivity contribution in [3.63, 3.8) is 0 Å². The maximum absolute atomic E-state index is 12.1. The first-order chi connectivity index (χ1) is 22.3. The lowest BCUT2D eigenvalue weighted by atomic mass is 10.0. The Kier molecular flexibility index (Phi) is 31.8. The lowest BCUT2D eigenvalue weighted by Crippen LogP contribution is -2.28. The van der Waals surface area contributed by atoms with Crippen LogP contribution in [-0.2, 0) is 32.7 Å². The van der Waals surface area contributed by atoms with E-state index < -0.39 is 58.4 Å². The number of phosphoric ester groups is 1. The number of hydrogen-bond acceptors (Lipinski definition) is 9. The summed E-state index contributed by atoms with van der Waals surface area (Å²) >= 11 is 0. The van der Waals surface area contributed by atoms with Crippen LogP contribution in [0.3, 0.4) is 0 Å². The Balaban J connectivity index is 3.61. The van der Waals surface area contributed by atoms with E-state index in [4.69, 9.17) is 18.5 Å². The zero-order valence-electron chi connectivity index (χ0n) is 29.3. The van der Waals surface area contributed by atoms with Gasteiger partial charge in [-0.15, -0.1) is 0 Å². The molecule has 0 rings (SSSR count). The largest absolute Gasteiger partial charge is 0.472 e. The summed E-state index contributed by atoms with van der Waals surface area (Å²) in [7, 11) is -4.59. The van der Waals surface area contributed by atoms with Crippen molar-refractivity contribution < 1.29 is 47.8 Å². The van der Waals surface area contributed by atoms with Crippen LogP contribution in [0.5, 0.6) is 0 Å². The number of phosphoric acid groups is 1. The smallest absolute Gasteiger partial charge is 0.457 e. The minimum Gasteiger partial charge on any atom is -0.457 e. The van der Waals surface area contributed by atoms with Crippen LogP contribution in [-0.4, -0.2) is 65.7 Å². The summed E-state index contributed by atoms with van der Waals surface area (Å²) in [5.41, 5.74) is 0. The lowest BCUT2D eigenvalue weighted by molar-refractivity contribution is -0.153. The maximum atomic E-state index is 12.1. The quantitative estimate of drug-likeness (QED) is 0.0337. The summed E-state index contributed by atoms with van der Waals surface area (Å²) in [5.74, 6) is -1.10. The summed E-state index contributed by atoms with van der Waals surface area (Å²) < 4.78 is 31.6. The van der Waals surface area contributed by atoms with Crippen molar-refractivity contribution in [1.82, 2.24) is 0 Å². The lowest BCUT2D eigenvalue weighted by Gasteiger charge is -2.20. The van der Waals surface area contributed by atoms with Gasteiger partial charge in [0.2, 0.25) is 0 Å². The van der Waals surface area contributed by atoms with Crippen LogP contribution < -0.4 is 0 Å². The monoisotopic (exact) mass is 680 g/mol. The molecule has 0 spiro atoms. The Morgan fingerprint density at radius 3 is 1.13 bits per heavy atom. The first-order valence-electron chi connectivity index (χ1n) is 18.5. The normalized spacial score (nSPS) is 14.1. The highest BCUT2D eigenvalue weighted by atomic mass is 31.2. The van der Waals surface area contributed by atoms with Crippen molar-refractivity contribution in [1.29, 1.82) is 0 Å². The molecule has 274 valence electrons. The van der Waals surface area contributed by atoms with Crippen LogP contribution in [0.25, 0.3) is 0 Å². The third-order valence-electron chi connectivity index (χ3n) is 8.12. The van der Waals surface area contributed by atoms with Gasteiger partial charge in [0.1, 0.15) is 12.2 Å². The van der Waals surface area contributed by atoms with Crippen LogP contribution in [0.1, 0.15) is 174 Å². The number of aliphatic hydroxyl groups excluding tert-OH is 2. The summed E-state index contributed by atoms with van der Waals surface area (Å²) in [6.07, 6.45) is 28.0. The summed E-state index contributed by atoms with van der Waals surface area (Å²) in [4.78, 5) is 33.2. The summed E-state index contributed by atoms with van der Waals surface area (Å²) in [6, 6.07) is 0. The first-order valence-corrected chi connectivity index (χ1v) is 20.0. The number of esters is 2. The number of carbonyl (C=O) groups excluding carboxylic acids is 2. The molecule has 3 atom stereocenters. The number of ether oxygens (including phenoxy) is 2. The van der Waals surface area contributed by atoms with Gasteiger partial charge in [-0.05, 0) is 6.42 Å². The van der Waals surface area contributed by atoms with Crippen molar-refractivity contribution >= 4 is 19.8 Å². The van der Waals surface area contributed by atoms with Crippen molar-refractivity contribution in [2.24, 2.45) is 0 Å². The molecule has 46 heavy (non-hydrogen) atoms. The highest BCUT2D eigenvalue weighted by Crippen LogP contribution is 2.43. The Bertz CT molecular complexity index is 751. The highest BCUT2D eigenvalue weighted by molar-refractivity contribution is 7.47. The molecule has 0 amide bonds. The van der Waals surface area contributed by atoms with Crippen LogP contribution in [0.15, 0.2) is 0 Å². The minimum absolute atomic E-state index is 0.0764. The van der Waals surface area contributed by atoms with Crippen molar-refractivity contribution in [3.8, 4) is 0 Å². The Morgan fingerprint density at radius 1 is 0.522 bits per heavy atom. The fraction of sp³-hybridized carbons (Fsp3) is 0.943. The summed E-state index contributed by atoms with van der Waals surface area (Å²) in [5, 5.41) is 18.7. The van der Waals surface area contributed by atoms with E-state index in [1.54, 1.807) is 6.92 Å². The minimum atomic E-state index is -4.59. The molecule has 0 aromatic heterocycles. The average Bonchev–Trinajstić information content (AvgIpc) is 3.05. The molecule has 0 bridgehead atoms. The second-order valence-electron chi connectivity index (χ2n) is 12.5. The molecule has 0 saturated heterocycles. The van der Waals surface area contributed by atoms with Crippen molar-refractivity contribution in [3.05, 3.63) is 0 Å². The molecule has 10 nitrogen and oxygen atoms in total. The molecule has 3 N–H and O–H groups in total. The molecular weight excluding hydrogens is 611 g/mol. The third kappa shape index (κ3) is 30.3. The van der Waals surface area contributed by atoms with Gasteiger partial charge >= 0.3 is 19.8 Å². The van der Waals surface area contributed by atoms with Crippen molar-refractivity contribution in [2.45, 2.75) is 187 Å². The molecule has 0 radical (unpaired) electrons. The molecular formula is C35H69O10P. The van der Waals surface area contributed by atoms with Gasteiger partial charge in [0, 0.05) is 12.8 Å². The molecule has 0 aliphatic carbocycles. The molecule has 0 heterocycles. The van der Waals surface area contributed by atoms with Gasteiger partial charge in [0.15, 0.2) is 0 Å². The Labute approximate surface area is 280 Å². The van der Waals surface area contributed by atoms with E-state index in [0.717, 1.165) is 19.3 Å². The molecule has 11 heteroatoms. The predicted molar refractivity (Wildman–Crippen MR) is 182 cm³/mol. The van der Waals surface area contributed by atoms with Gasteiger partial charge in [0.25, 0.3) is 0 Å². The van der Waals surface area contributed by atoms with E-state index in [1.807, 2.05) is 0 Å². The molecule has 0 aromatic rings. The molecule has 0 aliphatic rings. The summed E-state index contributed by atoms with van der Waals surface area (Å²) in [6.45, 7) is 1.56. The predicted octanol–water partition coefficient (Wildman–Crippen LogP) is 8.72. The molecule has 0 saturated carbocycles. The van der Waals surface area contributed by atoms with E-state index in [9.17, 15) is 29.3 Å². The highest BCUT2D eigenvalue weighted by Gasteiger charge is 2.27. The standard InChI is InChI=1S/C35H69O10P/c1-3-5-6-7-8-9-10-11-12-13-14-15-16-17-18-19-20-21-22-23-24-25-26-27-35(39)45-33(29-37)31-43-46(40,41)42-30-32(28-36)44-34(38)4-2/h32-33,36-37H,3-31H2,1-2H3,(H,40,41). The zero-order chi connectivity index (χ0) is 34.1. The van der Waals surface area contributed by atoms with Crippen LogP contribution in [0.2, 0.25) is 0 Å². The molecule has 0 fully saturated rings. The van der Waals surface area contributed by atoms with E-state index >= 15 is 0 Å². The first kappa shape index (κ1) is 45.0. The fourth-order valence-electron chi connectivity index (χ4n) is 5.21. The second kappa shape index (κ2) is 32.5. The Hall–Kier alpha value is -1.03. The van der Waals surface area contributed by atoms with Gasteiger partial charge in [-0.1, -0.05) is 155 Å². The zero-order valence-corrected chi connectivity index (χ0v) is 30.2. The average molecular weight is 681 g/mol. The van der Waals surface area contributed by atoms with Gasteiger partial charge in [0.05, 0.1) is 26.4 Å². The number of carbonyl (C=O) groups is 2. The van der Waals surface area contributed by atoms with Crippen LogP contribution >= 0.6 is 7.82 Å². The van der Waals surface area contributed by atoms with E-state index in [2.05, 4.69) is 6.92 Å². The van der Waals surface area contributed by atoms with E-state index in [-0.39, 0.29) is 12.8 Å². The van der Waals surface area contributed by atoms with Gasteiger partial charge in [-0.2, -0.15) is 0 Å². The van der Waals surface area contributed by atoms with E-state index in [1.165, 1.54) is 122 Å². The fourth-order valence-corrected chi connectivity index (χ4v) is 5.99. The van der Waals surface area contributed by atoms with Gasteiger partial charge < -0.3 is 24.6 Å². The van der Waals surface area contributed by atoms with Crippen LogP contribution in [0, 0.1) is 0 Å². The maximum Gasteiger partial charge on any atom is 0.472 e. The molecule has 0 aliphatic heterocycles. The Morgan fingerprint density at radius 2 is 0.826 bits per heavy atom.